The molecular weight excluding hydrogens is 245 g/mol. The summed E-state index contributed by atoms with van der Waals surface area (Å²) in [6, 6.07) is 6.86. The van der Waals surface area contributed by atoms with Gasteiger partial charge in [0.15, 0.2) is 0 Å². The third kappa shape index (κ3) is 4.96. The van der Waals surface area contributed by atoms with Crippen LogP contribution in [0.3, 0.4) is 0 Å². The van der Waals surface area contributed by atoms with E-state index in [0.29, 0.717) is 17.7 Å². The molecule has 0 heterocycles. The van der Waals surface area contributed by atoms with Gasteiger partial charge in [0, 0.05) is 12.0 Å². The molecule has 0 spiro atoms. The molecule has 0 aliphatic rings. The van der Waals surface area contributed by atoms with Gasteiger partial charge in [-0.3, -0.25) is 0 Å². The number of halogens is 3. The third-order valence-electron chi connectivity index (χ3n) is 2.53. The van der Waals surface area contributed by atoms with E-state index in [1.165, 1.54) is 0 Å². The first-order valence-corrected chi connectivity index (χ1v) is 5.90. The Hall–Kier alpha value is -1.23. The van der Waals surface area contributed by atoms with Crippen LogP contribution in [0.4, 0.5) is 13.2 Å². The van der Waals surface area contributed by atoms with Gasteiger partial charge in [0.1, 0.15) is 5.75 Å². The molecule has 0 saturated heterocycles. The first-order valence-electron chi connectivity index (χ1n) is 5.90. The molecule has 18 heavy (non-hydrogen) atoms. The number of alkyl halides is 3. The largest absolute Gasteiger partial charge is 0.493 e. The number of ether oxygens (including phenoxy) is 1. The molecule has 0 radical (unpaired) electrons. The van der Waals surface area contributed by atoms with Gasteiger partial charge in [-0.25, -0.2) is 0 Å². The van der Waals surface area contributed by atoms with Crippen molar-refractivity contribution in [1.82, 2.24) is 0 Å². The van der Waals surface area contributed by atoms with Gasteiger partial charge >= 0.3 is 6.18 Å². The minimum Gasteiger partial charge on any atom is -0.493 e. The van der Waals surface area contributed by atoms with Crippen molar-refractivity contribution in [2.24, 2.45) is 0 Å². The van der Waals surface area contributed by atoms with E-state index in [1.54, 1.807) is 24.3 Å². The number of para-hydroxylation sites is 1. The number of aliphatic hydroxyl groups is 1. The zero-order valence-corrected chi connectivity index (χ0v) is 10.2. The summed E-state index contributed by atoms with van der Waals surface area (Å²) < 4.78 is 41.1. The van der Waals surface area contributed by atoms with Crippen molar-refractivity contribution in [1.29, 1.82) is 0 Å². The molecule has 1 aromatic rings. The predicted molar refractivity (Wildman–Crippen MR) is 62.5 cm³/mol. The quantitative estimate of drug-likeness (QED) is 0.789. The van der Waals surface area contributed by atoms with E-state index in [1.807, 2.05) is 6.92 Å². The van der Waals surface area contributed by atoms with Crippen LogP contribution < -0.4 is 4.74 Å². The normalized spacial score (nSPS) is 13.4. The SMILES string of the molecule is CC[C@@H](O)c1ccccc1OCCCC(F)(F)F. The average Bonchev–Trinajstić information content (AvgIpc) is 2.33. The standard InChI is InChI=1S/C13H17F3O2/c1-2-11(17)10-6-3-4-7-12(10)18-9-5-8-13(14,15)16/h3-4,6-7,11,17H,2,5,8-9H2,1H3/t11-/m1/s1. The maximum absolute atomic E-state index is 11.9. The minimum absolute atomic E-state index is 0.00699. The Morgan fingerprint density at radius 3 is 2.56 bits per heavy atom. The number of hydrogen-bond donors (Lipinski definition) is 1. The summed E-state index contributed by atoms with van der Waals surface area (Å²) in [6.45, 7) is 1.82. The summed E-state index contributed by atoms with van der Waals surface area (Å²) in [5.41, 5.74) is 0.618. The molecule has 1 rings (SSSR count). The molecular formula is C13H17F3O2. The second-order valence-corrected chi connectivity index (χ2v) is 4.03. The highest BCUT2D eigenvalue weighted by Gasteiger charge is 2.26. The van der Waals surface area contributed by atoms with Crippen molar-refractivity contribution in [3.05, 3.63) is 29.8 Å². The van der Waals surface area contributed by atoms with Gasteiger partial charge in [0.05, 0.1) is 12.7 Å². The fourth-order valence-electron chi connectivity index (χ4n) is 1.56. The van der Waals surface area contributed by atoms with Gasteiger partial charge in [-0.05, 0) is 18.9 Å². The van der Waals surface area contributed by atoms with Crippen molar-refractivity contribution in [3.8, 4) is 5.75 Å². The fourth-order valence-corrected chi connectivity index (χ4v) is 1.56. The van der Waals surface area contributed by atoms with Gasteiger partial charge < -0.3 is 9.84 Å². The molecule has 0 saturated carbocycles. The van der Waals surface area contributed by atoms with Crippen LogP contribution in [0.2, 0.25) is 0 Å². The molecule has 2 nitrogen and oxygen atoms in total. The monoisotopic (exact) mass is 262 g/mol. The van der Waals surface area contributed by atoms with Gasteiger partial charge in [-0.15, -0.1) is 0 Å². The molecule has 0 aliphatic heterocycles. The molecule has 0 aromatic heterocycles. The van der Waals surface area contributed by atoms with E-state index in [-0.39, 0.29) is 13.0 Å². The van der Waals surface area contributed by atoms with E-state index in [0.717, 1.165) is 0 Å². The lowest BCUT2D eigenvalue weighted by atomic mass is 10.1. The number of benzene rings is 1. The molecule has 0 bridgehead atoms. The molecule has 1 atom stereocenters. The van der Waals surface area contributed by atoms with Crippen LogP contribution >= 0.6 is 0 Å². The maximum atomic E-state index is 11.9. The zero-order chi connectivity index (χ0) is 13.6. The summed E-state index contributed by atoms with van der Waals surface area (Å²) in [5, 5.41) is 9.74. The fraction of sp³-hybridized carbons (Fsp3) is 0.538. The first-order chi connectivity index (χ1) is 8.44. The number of aliphatic hydroxyl groups excluding tert-OH is 1. The van der Waals surface area contributed by atoms with Crippen LogP contribution in [-0.2, 0) is 0 Å². The molecule has 0 unspecified atom stereocenters. The van der Waals surface area contributed by atoms with Crippen LogP contribution in [0.5, 0.6) is 5.75 Å². The molecule has 1 N–H and O–H groups in total. The van der Waals surface area contributed by atoms with Crippen molar-refractivity contribution in [2.75, 3.05) is 6.61 Å². The van der Waals surface area contributed by atoms with Gasteiger partial charge in [-0.2, -0.15) is 13.2 Å². The minimum atomic E-state index is -4.15. The average molecular weight is 262 g/mol. The summed E-state index contributed by atoms with van der Waals surface area (Å²) in [7, 11) is 0. The molecule has 5 heteroatoms. The smallest absolute Gasteiger partial charge is 0.389 e. The van der Waals surface area contributed by atoms with Crippen LogP contribution in [0.15, 0.2) is 24.3 Å². The van der Waals surface area contributed by atoms with Crippen LogP contribution in [0.1, 0.15) is 37.9 Å². The Balaban J connectivity index is 2.52. The Bertz CT molecular complexity index is 363. The Labute approximate surface area is 104 Å². The lowest BCUT2D eigenvalue weighted by molar-refractivity contribution is -0.136. The van der Waals surface area contributed by atoms with E-state index in [9.17, 15) is 18.3 Å². The number of rotatable bonds is 6. The van der Waals surface area contributed by atoms with E-state index in [2.05, 4.69) is 0 Å². The maximum Gasteiger partial charge on any atom is 0.389 e. The summed E-state index contributed by atoms with van der Waals surface area (Å²) >= 11 is 0. The Morgan fingerprint density at radius 2 is 1.94 bits per heavy atom. The Morgan fingerprint density at radius 1 is 1.28 bits per heavy atom. The Kier molecular flexibility index (Phi) is 5.47. The molecule has 0 aliphatic carbocycles. The molecule has 102 valence electrons. The topological polar surface area (TPSA) is 29.5 Å². The van der Waals surface area contributed by atoms with Crippen molar-refractivity contribution < 1.29 is 23.0 Å². The van der Waals surface area contributed by atoms with Crippen molar-refractivity contribution >= 4 is 0 Å². The second kappa shape index (κ2) is 6.64. The summed E-state index contributed by atoms with van der Waals surface area (Å²) in [4.78, 5) is 0. The molecule has 1 aromatic carbocycles. The van der Waals surface area contributed by atoms with E-state index in [4.69, 9.17) is 4.74 Å². The van der Waals surface area contributed by atoms with Crippen LogP contribution in [-0.4, -0.2) is 17.9 Å². The highest BCUT2D eigenvalue weighted by atomic mass is 19.4. The van der Waals surface area contributed by atoms with Gasteiger partial charge in [0.2, 0.25) is 0 Å². The highest BCUT2D eigenvalue weighted by Crippen LogP contribution is 2.27. The zero-order valence-electron chi connectivity index (χ0n) is 10.2. The molecule has 0 fully saturated rings. The molecule has 0 amide bonds. The third-order valence-corrected chi connectivity index (χ3v) is 2.53. The highest BCUT2D eigenvalue weighted by molar-refractivity contribution is 5.34. The summed E-state index contributed by atoms with van der Waals surface area (Å²) in [6.07, 6.45) is -5.20. The summed E-state index contributed by atoms with van der Waals surface area (Å²) in [5.74, 6) is 0.453. The lowest BCUT2D eigenvalue weighted by Crippen LogP contribution is -2.10. The van der Waals surface area contributed by atoms with Gasteiger partial charge in [0.25, 0.3) is 0 Å². The van der Waals surface area contributed by atoms with Crippen LogP contribution in [0.25, 0.3) is 0 Å². The number of hydrogen-bond acceptors (Lipinski definition) is 2. The first kappa shape index (κ1) is 14.8. The van der Waals surface area contributed by atoms with Crippen molar-refractivity contribution in [2.45, 2.75) is 38.5 Å². The van der Waals surface area contributed by atoms with E-state index >= 15 is 0 Å². The predicted octanol–water partition coefficient (Wildman–Crippen LogP) is 3.85. The van der Waals surface area contributed by atoms with Gasteiger partial charge in [-0.1, -0.05) is 25.1 Å². The second-order valence-electron chi connectivity index (χ2n) is 4.03. The lowest BCUT2D eigenvalue weighted by Gasteiger charge is -2.15. The van der Waals surface area contributed by atoms with Crippen molar-refractivity contribution in [3.63, 3.8) is 0 Å². The van der Waals surface area contributed by atoms with E-state index < -0.39 is 18.7 Å². The van der Waals surface area contributed by atoms with Crippen LogP contribution in [0, 0.1) is 0 Å².